The zero-order chi connectivity index (χ0) is 32.3. The zero-order valence-corrected chi connectivity index (χ0v) is 26.0. The lowest BCUT2D eigenvalue weighted by atomic mass is 9.46. The van der Waals surface area contributed by atoms with Crippen LogP contribution < -0.4 is 11.1 Å². The van der Waals surface area contributed by atoms with Gasteiger partial charge in [0.2, 0.25) is 0 Å². The van der Waals surface area contributed by atoms with E-state index in [9.17, 15) is 24.9 Å². The number of halogens is 1. The van der Waals surface area contributed by atoms with Gasteiger partial charge in [-0.1, -0.05) is 49.8 Å². The highest BCUT2D eigenvalue weighted by Crippen LogP contribution is 2.66. The van der Waals surface area contributed by atoms with Gasteiger partial charge in [0, 0.05) is 29.1 Å². The Balaban J connectivity index is 1.28. The van der Waals surface area contributed by atoms with E-state index in [-0.39, 0.29) is 41.3 Å². The number of carbonyl (C=O) groups excluding carboxylic acids is 2. The predicted octanol–water partition coefficient (Wildman–Crippen LogP) is 4.77. The maximum Gasteiger partial charge on any atom is 0.184 e. The molecule has 6 rings (SSSR count). The van der Waals surface area contributed by atoms with E-state index < -0.39 is 53.5 Å². The monoisotopic (exact) mass is 618 g/mol. The van der Waals surface area contributed by atoms with Gasteiger partial charge < -0.3 is 31.1 Å². The van der Waals surface area contributed by atoms with Crippen molar-refractivity contribution in [3.05, 3.63) is 82.7 Å². The number of rotatable bonds is 8. The normalized spacial score (nSPS) is 34.4. The third kappa shape index (κ3) is 5.23. The van der Waals surface area contributed by atoms with Crippen LogP contribution in [-0.4, -0.2) is 45.7 Å². The van der Waals surface area contributed by atoms with Gasteiger partial charge in [0.25, 0.3) is 0 Å². The van der Waals surface area contributed by atoms with Crippen LogP contribution in [0.2, 0.25) is 0 Å². The van der Waals surface area contributed by atoms with Crippen molar-refractivity contribution in [3.63, 3.8) is 0 Å². The summed E-state index contributed by atoms with van der Waals surface area (Å²) >= 11 is 0. The number of hydrogen-bond donors (Lipinski definition) is 5. The summed E-state index contributed by atoms with van der Waals surface area (Å²) in [5, 5.41) is 36.2. The number of allylic oxidation sites excluding steroid dienone is 4. The Bertz CT molecular complexity index is 1570. The molecule has 2 aromatic carbocycles. The molecule has 0 aliphatic heterocycles. The molecule has 4 aliphatic rings. The van der Waals surface area contributed by atoms with Gasteiger partial charge in [-0.15, -0.1) is 0 Å². The maximum absolute atomic E-state index is 15.9. The molecule has 0 saturated heterocycles. The maximum atomic E-state index is 15.9. The van der Waals surface area contributed by atoms with Crippen molar-refractivity contribution < 1.29 is 34.0 Å². The SMILES string of the molecule is Cc1ccc(NCc2ccccc2N)c(F)c1[C@H](O)O[C@@H]1CC2[C@@H]3CCC4=CC(=O)C=C[C@]4(C)C3[C@@H](O)C[C@]2(C)[C@H]1C(=O)CO. The van der Waals surface area contributed by atoms with Crippen LogP contribution in [0.4, 0.5) is 15.8 Å². The first-order valence-electron chi connectivity index (χ1n) is 15.8. The molecule has 0 aromatic heterocycles. The second kappa shape index (κ2) is 11.8. The molecule has 0 bridgehead atoms. The fraction of sp³-hybridized carbons (Fsp3) is 0.500. The Hall–Kier alpha value is -3.37. The van der Waals surface area contributed by atoms with Crippen molar-refractivity contribution in [2.75, 3.05) is 17.7 Å². The number of aliphatic hydroxyl groups is 3. The summed E-state index contributed by atoms with van der Waals surface area (Å²) < 4.78 is 22.2. The lowest BCUT2D eigenvalue weighted by molar-refractivity contribution is -0.168. The molecule has 0 spiro atoms. The van der Waals surface area contributed by atoms with Crippen LogP contribution in [0.3, 0.4) is 0 Å². The van der Waals surface area contributed by atoms with Crippen molar-refractivity contribution in [2.24, 2.45) is 34.5 Å². The number of carbonyl (C=O) groups is 2. The van der Waals surface area contributed by atoms with E-state index in [4.69, 9.17) is 10.5 Å². The van der Waals surface area contributed by atoms with Crippen molar-refractivity contribution in [1.82, 2.24) is 0 Å². The van der Waals surface area contributed by atoms with Gasteiger partial charge in [-0.25, -0.2) is 4.39 Å². The molecule has 0 amide bonds. The standard InChI is InChI=1S/C36H43FN2O6/c1-19-8-11-26(39-17-20-6-4-5-7-25(20)38)33(37)30(19)34(44)45-29-15-24-23-10-9-21-14-22(41)12-13-35(21,2)31(23)27(42)16-36(24,3)32(29)28(43)18-40/h4-8,11-14,23-24,27,29,31-32,34,39-40,42,44H,9-10,15-18,38H2,1-3H3/t23-,24?,27-,29+,31?,32-,34+,35-,36-/m0/s1. The van der Waals surface area contributed by atoms with Crippen LogP contribution in [-0.2, 0) is 20.9 Å². The molecule has 2 aromatic rings. The fourth-order valence-electron chi connectivity index (χ4n) is 9.37. The molecule has 6 N–H and O–H groups in total. The molecule has 0 heterocycles. The smallest absolute Gasteiger partial charge is 0.184 e. The summed E-state index contributed by atoms with van der Waals surface area (Å²) in [5.41, 5.74) is 7.92. The minimum atomic E-state index is -1.66. The van der Waals surface area contributed by atoms with E-state index in [1.807, 2.05) is 31.2 Å². The van der Waals surface area contributed by atoms with E-state index in [1.54, 1.807) is 37.3 Å². The molecule has 4 aliphatic carbocycles. The van der Waals surface area contributed by atoms with Crippen molar-refractivity contribution in [3.8, 4) is 0 Å². The summed E-state index contributed by atoms with van der Waals surface area (Å²) in [4.78, 5) is 25.6. The van der Waals surface area contributed by atoms with Crippen molar-refractivity contribution in [2.45, 2.75) is 71.5 Å². The molecule has 2 unspecified atom stereocenters. The molecule has 0 radical (unpaired) electrons. The number of para-hydroxylation sites is 1. The van der Waals surface area contributed by atoms with Crippen LogP contribution in [0.5, 0.6) is 0 Å². The highest BCUT2D eigenvalue weighted by molar-refractivity contribution is 6.01. The average Bonchev–Trinajstić information content (AvgIpc) is 3.28. The fourth-order valence-corrected chi connectivity index (χ4v) is 9.37. The molecule has 3 saturated carbocycles. The molecule has 45 heavy (non-hydrogen) atoms. The number of Topliss-reactive ketones (excluding diaryl/α,β-unsaturated/α-hetero) is 1. The largest absolute Gasteiger partial charge is 0.398 e. The van der Waals surface area contributed by atoms with Gasteiger partial charge in [-0.2, -0.15) is 0 Å². The zero-order valence-electron chi connectivity index (χ0n) is 26.0. The Morgan fingerprint density at radius 3 is 2.71 bits per heavy atom. The van der Waals surface area contributed by atoms with E-state index in [2.05, 4.69) is 12.2 Å². The van der Waals surface area contributed by atoms with Gasteiger partial charge in [-0.05, 0) is 85.3 Å². The lowest BCUT2D eigenvalue weighted by Gasteiger charge is -2.58. The minimum absolute atomic E-state index is 0.0221. The quantitative estimate of drug-likeness (QED) is 0.210. The first kappa shape index (κ1) is 31.6. The van der Waals surface area contributed by atoms with E-state index >= 15 is 4.39 Å². The van der Waals surface area contributed by atoms with E-state index in [0.717, 1.165) is 17.6 Å². The minimum Gasteiger partial charge on any atom is -0.398 e. The number of nitrogen functional groups attached to an aromatic ring is 1. The molecule has 8 nitrogen and oxygen atoms in total. The van der Waals surface area contributed by atoms with Crippen molar-refractivity contribution in [1.29, 1.82) is 0 Å². The topological polar surface area (TPSA) is 142 Å². The number of benzene rings is 2. The summed E-state index contributed by atoms with van der Waals surface area (Å²) in [6.45, 7) is 5.32. The Morgan fingerprint density at radius 1 is 1.22 bits per heavy atom. The highest BCUT2D eigenvalue weighted by Gasteiger charge is 2.65. The molecule has 240 valence electrons. The van der Waals surface area contributed by atoms with Gasteiger partial charge in [0.05, 0.1) is 23.8 Å². The number of hydrogen-bond acceptors (Lipinski definition) is 8. The molecular formula is C36H43FN2O6. The summed E-state index contributed by atoms with van der Waals surface area (Å²) in [6, 6.07) is 10.6. The van der Waals surface area contributed by atoms with E-state index in [1.165, 1.54) is 0 Å². The van der Waals surface area contributed by atoms with Crippen LogP contribution in [0.25, 0.3) is 0 Å². The number of aryl methyl sites for hydroxylation is 1. The Labute approximate surface area is 263 Å². The predicted molar refractivity (Wildman–Crippen MR) is 168 cm³/mol. The number of nitrogens with one attached hydrogen (secondary N) is 1. The highest BCUT2D eigenvalue weighted by atomic mass is 19.1. The molecule has 9 atom stereocenters. The van der Waals surface area contributed by atoms with Gasteiger partial charge in [0.15, 0.2) is 23.7 Å². The Kier molecular flexibility index (Phi) is 8.27. The molecule has 9 heteroatoms. The summed E-state index contributed by atoms with van der Waals surface area (Å²) in [7, 11) is 0. The number of fused-ring (bicyclic) bond motifs is 5. The second-order valence-corrected chi connectivity index (χ2v) is 13.9. The van der Waals surface area contributed by atoms with Gasteiger partial charge in [-0.3, -0.25) is 9.59 Å². The number of anilines is 2. The van der Waals surface area contributed by atoms with Crippen LogP contribution in [0.1, 0.15) is 62.5 Å². The first-order chi connectivity index (χ1) is 21.4. The molecule has 3 fully saturated rings. The average molecular weight is 619 g/mol. The van der Waals surface area contributed by atoms with Gasteiger partial charge in [0.1, 0.15) is 6.61 Å². The third-order valence-electron chi connectivity index (χ3n) is 11.5. The number of aliphatic hydroxyl groups excluding tert-OH is 3. The molecular weight excluding hydrogens is 575 g/mol. The van der Waals surface area contributed by atoms with Crippen LogP contribution >= 0.6 is 0 Å². The lowest BCUT2D eigenvalue weighted by Crippen LogP contribution is -2.56. The summed E-state index contributed by atoms with van der Waals surface area (Å²) in [6.07, 6.45) is 4.17. The second-order valence-electron chi connectivity index (χ2n) is 13.9. The van der Waals surface area contributed by atoms with Gasteiger partial charge >= 0.3 is 0 Å². The number of ether oxygens (including phenoxy) is 1. The number of nitrogens with two attached hydrogens (primary N) is 1. The third-order valence-corrected chi connectivity index (χ3v) is 11.5. The Morgan fingerprint density at radius 2 is 1.98 bits per heavy atom. The first-order valence-corrected chi connectivity index (χ1v) is 15.8. The van der Waals surface area contributed by atoms with Crippen LogP contribution in [0.15, 0.2) is 60.2 Å². The van der Waals surface area contributed by atoms with Crippen molar-refractivity contribution >= 4 is 22.9 Å². The van der Waals surface area contributed by atoms with E-state index in [0.29, 0.717) is 30.5 Å². The summed E-state index contributed by atoms with van der Waals surface area (Å²) in [5.74, 6) is -2.09. The van der Waals surface area contributed by atoms with Crippen LogP contribution in [0, 0.1) is 47.2 Å². The number of ketones is 2.